The van der Waals surface area contributed by atoms with Gasteiger partial charge in [0.25, 0.3) is 0 Å². The fourth-order valence-electron chi connectivity index (χ4n) is 2.23. The van der Waals surface area contributed by atoms with E-state index in [0.717, 1.165) is 12.2 Å². The van der Waals surface area contributed by atoms with Crippen LogP contribution in [0, 0.1) is 0 Å². The molecule has 1 heterocycles. The summed E-state index contributed by atoms with van der Waals surface area (Å²) in [6.45, 7) is 0. The number of hydrogen-bond donors (Lipinski definition) is 0. The summed E-state index contributed by atoms with van der Waals surface area (Å²) in [6.07, 6.45) is 1.55. The standard InChI is InChI=1S/C16H16O2/c1-17-14-9-7-12(8-10-14)11-15-16(18-15)13-5-3-2-4-6-13/h2-10,15-16H,11H2,1H3/t15-,16-/m0/s1. The van der Waals surface area contributed by atoms with Crippen molar-refractivity contribution in [1.82, 2.24) is 0 Å². The number of methoxy groups -OCH3 is 1. The van der Waals surface area contributed by atoms with Crippen LogP contribution in [0.25, 0.3) is 0 Å². The maximum atomic E-state index is 5.73. The monoisotopic (exact) mass is 240 g/mol. The minimum atomic E-state index is 0.272. The van der Waals surface area contributed by atoms with Crippen molar-refractivity contribution in [3.05, 3.63) is 65.7 Å². The lowest BCUT2D eigenvalue weighted by Gasteiger charge is -2.01. The van der Waals surface area contributed by atoms with Crippen molar-refractivity contribution in [2.24, 2.45) is 0 Å². The van der Waals surface area contributed by atoms with Gasteiger partial charge in [0.05, 0.1) is 13.2 Å². The van der Waals surface area contributed by atoms with Crippen LogP contribution in [0.15, 0.2) is 54.6 Å². The molecular weight excluding hydrogens is 224 g/mol. The normalized spacial score (nSPS) is 21.6. The maximum absolute atomic E-state index is 5.73. The molecule has 1 aliphatic rings. The first-order valence-corrected chi connectivity index (χ1v) is 6.20. The lowest BCUT2D eigenvalue weighted by atomic mass is 10.0. The molecule has 2 aromatic rings. The fraction of sp³-hybridized carbons (Fsp3) is 0.250. The molecule has 1 aliphatic heterocycles. The van der Waals surface area contributed by atoms with Crippen molar-refractivity contribution in [2.75, 3.05) is 7.11 Å². The van der Waals surface area contributed by atoms with E-state index >= 15 is 0 Å². The zero-order valence-corrected chi connectivity index (χ0v) is 10.4. The molecule has 0 saturated carbocycles. The molecule has 0 spiro atoms. The van der Waals surface area contributed by atoms with Crippen LogP contribution in [-0.2, 0) is 11.2 Å². The Balaban J connectivity index is 1.62. The van der Waals surface area contributed by atoms with E-state index in [1.807, 2.05) is 18.2 Å². The van der Waals surface area contributed by atoms with Gasteiger partial charge in [-0.15, -0.1) is 0 Å². The second-order valence-electron chi connectivity index (χ2n) is 4.56. The van der Waals surface area contributed by atoms with Crippen LogP contribution in [-0.4, -0.2) is 13.2 Å². The van der Waals surface area contributed by atoms with Gasteiger partial charge in [0.1, 0.15) is 11.9 Å². The van der Waals surface area contributed by atoms with Crippen LogP contribution >= 0.6 is 0 Å². The highest BCUT2D eigenvalue weighted by atomic mass is 16.6. The molecule has 0 N–H and O–H groups in total. The summed E-state index contributed by atoms with van der Waals surface area (Å²) in [4.78, 5) is 0. The first-order chi connectivity index (χ1) is 8.86. The smallest absolute Gasteiger partial charge is 0.118 e. The van der Waals surface area contributed by atoms with E-state index in [4.69, 9.17) is 9.47 Å². The van der Waals surface area contributed by atoms with Gasteiger partial charge in [-0.1, -0.05) is 42.5 Å². The molecule has 0 amide bonds. The molecule has 2 heteroatoms. The van der Waals surface area contributed by atoms with E-state index in [1.165, 1.54) is 11.1 Å². The van der Waals surface area contributed by atoms with Crippen LogP contribution in [0.5, 0.6) is 5.75 Å². The van der Waals surface area contributed by atoms with Crippen molar-refractivity contribution in [1.29, 1.82) is 0 Å². The molecule has 2 aromatic carbocycles. The molecule has 0 unspecified atom stereocenters. The summed E-state index contributed by atoms with van der Waals surface area (Å²) in [5, 5.41) is 0. The lowest BCUT2D eigenvalue weighted by Crippen LogP contribution is -1.95. The van der Waals surface area contributed by atoms with Crippen LogP contribution < -0.4 is 4.74 Å². The molecule has 2 atom stereocenters. The quantitative estimate of drug-likeness (QED) is 0.764. The topological polar surface area (TPSA) is 21.8 Å². The van der Waals surface area contributed by atoms with E-state index in [1.54, 1.807) is 7.11 Å². The average Bonchev–Trinajstić information content (AvgIpc) is 3.20. The molecule has 1 fully saturated rings. The Morgan fingerprint density at radius 1 is 1.00 bits per heavy atom. The Kier molecular flexibility index (Phi) is 3.03. The van der Waals surface area contributed by atoms with Gasteiger partial charge in [-0.25, -0.2) is 0 Å². The number of hydrogen-bond acceptors (Lipinski definition) is 2. The van der Waals surface area contributed by atoms with E-state index in [9.17, 15) is 0 Å². The predicted octanol–water partition coefficient (Wildman–Crippen LogP) is 3.38. The lowest BCUT2D eigenvalue weighted by molar-refractivity contribution is 0.373. The van der Waals surface area contributed by atoms with Crippen LogP contribution in [0.2, 0.25) is 0 Å². The molecule has 0 aromatic heterocycles. The zero-order valence-electron chi connectivity index (χ0n) is 10.4. The summed E-state index contributed by atoms with van der Waals surface area (Å²) in [6, 6.07) is 18.6. The first-order valence-electron chi connectivity index (χ1n) is 6.20. The van der Waals surface area contributed by atoms with Crippen molar-refractivity contribution in [3.63, 3.8) is 0 Å². The van der Waals surface area contributed by atoms with E-state index in [0.29, 0.717) is 6.10 Å². The highest BCUT2D eigenvalue weighted by molar-refractivity contribution is 5.29. The number of epoxide rings is 1. The highest BCUT2D eigenvalue weighted by Crippen LogP contribution is 2.40. The van der Waals surface area contributed by atoms with Crippen LogP contribution in [0.4, 0.5) is 0 Å². The van der Waals surface area contributed by atoms with Gasteiger partial charge >= 0.3 is 0 Å². The SMILES string of the molecule is COc1ccc(C[C@@H]2O[C@H]2c2ccccc2)cc1. The number of rotatable bonds is 4. The summed E-state index contributed by atoms with van der Waals surface area (Å²) in [7, 11) is 1.68. The Bertz CT molecular complexity index is 504. The van der Waals surface area contributed by atoms with Gasteiger partial charge in [-0.2, -0.15) is 0 Å². The molecule has 0 aliphatic carbocycles. The predicted molar refractivity (Wildman–Crippen MR) is 70.8 cm³/mol. The zero-order chi connectivity index (χ0) is 12.4. The van der Waals surface area contributed by atoms with Gasteiger partial charge in [-0.3, -0.25) is 0 Å². The summed E-state index contributed by atoms with van der Waals surface area (Å²) in [5.74, 6) is 0.898. The highest BCUT2D eigenvalue weighted by Gasteiger charge is 2.39. The third-order valence-corrected chi connectivity index (χ3v) is 3.31. The summed E-state index contributed by atoms with van der Waals surface area (Å²) >= 11 is 0. The van der Waals surface area contributed by atoms with Gasteiger partial charge in [0.15, 0.2) is 0 Å². The molecule has 3 rings (SSSR count). The third-order valence-electron chi connectivity index (χ3n) is 3.31. The molecule has 0 bridgehead atoms. The fourth-order valence-corrected chi connectivity index (χ4v) is 2.23. The van der Waals surface area contributed by atoms with E-state index in [-0.39, 0.29) is 6.10 Å². The Morgan fingerprint density at radius 3 is 2.39 bits per heavy atom. The molecule has 0 radical (unpaired) electrons. The van der Waals surface area contributed by atoms with E-state index in [2.05, 4.69) is 36.4 Å². The largest absolute Gasteiger partial charge is 0.497 e. The van der Waals surface area contributed by atoms with Crippen LogP contribution in [0.3, 0.4) is 0 Å². The van der Waals surface area contributed by atoms with Crippen LogP contribution in [0.1, 0.15) is 17.2 Å². The van der Waals surface area contributed by atoms with Crippen molar-refractivity contribution < 1.29 is 9.47 Å². The number of ether oxygens (including phenoxy) is 2. The van der Waals surface area contributed by atoms with Crippen molar-refractivity contribution in [3.8, 4) is 5.75 Å². The van der Waals surface area contributed by atoms with Gasteiger partial charge in [0.2, 0.25) is 0 Å². The molecular formula is C16H16O2. The summed E-state index contributed by atoms with van der Waals surface area (Å²) < 4.78 is 10.9. The molecule has 2 nitrogen and oxygen atoms in total. The van der Waals surface area contributed by atoms with Gasteiger partial charge in [0, 0.05) is 6.42 Å². The minimum Gasteiger partial charge on any atom is -0.497 e. The second-order valence-corrected chi connectivity index (χ2v) is 4.56. The Labute approximate surface area is 107 Å². The maximum Gasteiger partial charge on any atom is 0.118 e. The van der Waals surface area contributed by atoms with Crippen molar-refractivity contribution >= 4 is 0 Å². The second kappa shape index (κ2) is 4.83. The Hall–Kier alpha value is -1.80. The molecule has 1 saturated heterocycles. The summed E-state index contributed by atoms with van der Waals surface area (Å²) in [5.41, 5.74) is 2.57. The minimum absolute atomic E-state index is 0.272. The van der Waals surface area contributed by atoms with Gasteiger partial charge < -0.3 is 9.47 Å². The molecule has 18 heavy (non-hydrogen) atoms. The van der Waals surface area contributed by atoms with E-state index < -0.39 is 0 Å². The Morgan fingerprint density at radius 2 is 1.72 bits per heavy atom. The van der Waals surface area contributed by atoms with Crippen molar-refractivity contribution in [2.45, 2.75) is 18.6 Å². The average molecular weight is 240 g/mol. The van der Waals surface area contributed by atoms with Gasteiger partial charge in [-0.05, 0) is 23.3 Å². The third kappa shape index (κ3) is 2.39. The molecule has 92 valence electrons. The number of benzene rings is 2. The first kappa shape index (κ1) is 11.3.